The van der Waals surface area contributed by atoms with Crippen LogP contribution in [-0.2, 0) is 0 Å². The van der Waals surface area contributed by atoms with Crippen LogP contribution < -0.4 is 5.73 Å². The van der Waals surface area contributed by atoms with Crippen molar-refractivity contribution in [2.24, 2.45) is 11.7 Å². The first kappa shape index (κ1) is 8.02. The van der Waals surface area contributed by atoms with Gasteiger partial charge in [-0.2, -0.15) is 0 Å². The molecule has 0 aromatic rings. The van der Waals surface area contributed by atoms with Crippen molar-refractivity contribution in [3.8, 4) is 0 Å². The van der Waals surface area contributed by atoms with Gasteiger partial charge in [0, 0.05) is 12.6 Å². The van der Waals surface area contributed by atoms with Crippen LogP contribution in [0.15, 0.2) is 0 Å². The second kappa shape index (κ2) is 3.94. The molecule has 3 N–H and O–H groups in total. The number of aliphatic hydroxyl groups is 1. The third-order valence-corrected chi connectivity index (χ3v) is 2.45. The molecule has 0 saturated heterocycles. The van der Waals surface area contributed by atoms with Crippen molar-refractivity contribution in [2.45, 2.75) is 38.1 Å². The molecule has 0 unspecified atom stereocenters. The SMILES string of the molecule is N[C@@H]1CCCCC[C@H]1CO. The third-order valence-electron chi connectivity index (χ3n) is 2.45. The lowest BCUT2D eigenvalue weighted by molar-refractivity contribution is 0.197. The van der Waals surface area contributed by atoms with E-state index in [-0.39, 0.29) is 12.6 Å². The molecule has 2 atom stereocenters. The van der Waals surface area contributed by atoms with Crippen LogP contribution in [0, 0.1) is 5.92 Å². The van der Waals surface area contributed by atoms with Gasteiger partial charge in [0.05, 0.1) is 0 Å². The number of rotatable bonds is 1. The summed E-state index contributed by atoms with van der Waals surface area (Å²) in [7, 11) is 0. The van der Waals surface area contributed by atoms with Crippen molar-refractivity contribution in [2.75, 3.05) is 6.61 Å². The van der Waals surface area contributed by atoms with Gasteiger partial charge in [0.1, 0.15) is 0 Å². The van der Waals surface area contributed by atoms with E-state index < -0.39 is 0 Å². The minimum Gasteiger partial charge on any atom is -0.396 e. The lowest BCUT2D eigenvalue weighted by atomic mass is 9.97. The lowest BCUT2D eigenvalue weighted by Gasteiger charge is -2.17. The molecule has 0 heterocycles. The van der Waals surface area contributed by atoms with Gasteiger partial charge in [-0.05, 0) is 18.8 Å². The average Bonchev–Trinajstić information content (AvgIpc) is 2.13. The van der Waals surface area contributed by atoms with Crippen LogP contribution in [-0.4, -0.2) is 17.8 Å². The number of hydrogen-bond acceptors (Lipinski definition) is 2. The predicted octanol–water partition coefficient (Wildman–Crippen LogP) is 0.886. The smallest absolute Gasteiger partial charge is 0.0474 e. The van der Waals surface area contributed by atoms with Crippen LogP contribution in [0.1, 0.15) is 32.1 Å². The van der Waals surface area contributed by atoms with Gasteiger partial charge in [-0.3, -0.25) is 0 Å². The zero-order chi connectivity index (χ0) is 7.40. The largest absolute Gasteiger partial charge is 0.396 e. The van der Waals surface area contributed by atoms with Crippen molar-refractivity contribution < 1.29 is 5.11 Å². The molecular formula is C8H17NO. The second-order valence-electron chi connectivity index (χ2n) is 3.24. The van der Waals surface area contributed by atoms with Crippen LogP contribution >= 0.6 is 0 Å². The number of nitrogens with two attached hydrogens (primary N) is 1. The summed E-state index contributed by atoms with van der Waals surface area (Å²) < 4.78 is 0. The Morgan fingerprint density at radius 3 is 2.60 bits per heavy atom. The summed E-state index contributed by atoms with van der Waals surface area (Å²) in [6.45, 7) is 0.279. The molecule has 0 spiro atoms. The Kier molecular flexibility index (Phi) is 3.16. The van der Waals surface area contributed by atoms with Crippen molar-refractivity contribution >= 4 is 0 Å². The van der Waals surface area contributed by atoms with E-state index in [9.17, 15) is 0 Å². The van der Waals surface area contributed by atoms with Gasteiger partial charge in [-0.25, -0.2) is 0 Å². The summed E-state index contributed by atoms with van der Waals surface area (Å²) in [5.41, 5.74) is 5.83. The van der Waals surface area contributed by atoms with Gasteiger partial charge >= 0.3 is 0 Å². The molecule has 1 fully saturated rings. The summed E-state index contributed by atoms with van der Waals surface area (Å²) in [5, 5.41) is 8.91. The normalized spacial score (nSPS) is 35.4. The molecule has 0 amide bonds. The molecule has 2 heteroatoms. The number of aliphatic hydroxyl groups excluding tert-OH is 1. The maximum Gasteiger partial charge on any atom is 0.0474 e. The quantitative estimate of drug-likeness (QED) is 0.535. The first-order valence-corrected chi connectivity index (χ1v) is 4.21. The Balaban J connectivity index is 2.35. The minimum atomic E-state index is 0.257. The Labute approximate surface area is 62.4 Å². The molecule has 1 aliphatic carbocycles. The van der Waals surface area contributed by atoms with Gasteiger partial charge in [0.15, 0.2) is 0 Å². The predicted molar refractivity (Wildman–Crippen MR) is 41.6 cm³/mol. The minimum absolute atomic E-state index is 0.257. The van der Waals surface area contributed by atoms with Crippen molar-refractivity contribution in [3.63, 3.8) is 0 Å². The van der Waals surface area contributed by atoms with E-state index in [1.54, 1.807) is 0 Å². The van der Waals surface area contributed by atoms with Crippen molar-refractivity contribution in [1.29, 1.82) is 0 Å². The van der Waals surface area contributed by atoms with Gasteiger partial charge in [-0.1, -0.05) is 19.3 Å². The van der Waals surface area contributed by atoms with E-state index in [1.807, 2.05) is 0 Å². The van der Waals surface area contributed by atoms with Crippen LogP contribution in [0.2, 0.25) is 0 Å². The summed E-state index contributed by atoms with van der Waals surface area (Å²) in [4.78, 5) is 0. The maximum absolute atomic E-state index is 8.91. The number of hydrogen-bond donors (Lipinski definition) is 2. The van der Waals surface area contributed by atoms with E-state index in [2.05, 4.69) is 0 Å². The highest BCUT2D eigenvalue weighted by Crippen LogP contribution is 2.21. The highest BCUT2D eigenvalue weighted by Gasteiger charge is 2.18. The summed E-state index contributed by atoms with van der Waals surface area (Å²) in [5.74, 6) is 0.377. The molecule has 2 nitrogen and oxygen atoms in total. The fourth-order valence-corrected chi connectivity index (χ4v) is 1.64. The Bertz CT molecular complexity index is 95.3. The molecule has 1 aliphatic rings. The lowest BCUT2D eigenvalue weighted by Crippen LogP contribution is -2.31. The Hall–Kier alpha value is -0.0800. The van der Waals surface area contributed by atoms with Crippen molar-refractivity contribution in [1.82, 2.24) is 0 Å². The van der Waals surface area contributed by atoms with Crippen LogP contribution in [0.25, 0.3) is 0 Å². The molecule has 0 aliphatic heterocycles. The Morgan fingerprint density at radius 2 is 1.90 bits per heavy atom. The summed E-state index contributed by atoms with van der Waals surface area (Å²) >= 11 is 0. The molecule has 0 bridgehead atoms. The molecule has 60 valence electrons. The van der Waals surface area contributed by atoms with Crippen molar-refractivity contribution in [3.05, 3.63) is 0 Å². The van der Waals surface area contributed by atoms with Gasteiger partial charge in [0.2, 0.25) is 0 Å². The van der Waals surface area contributed by atoms with E-state index >= 15 is 0 Å². The zero-order valence-electron chi connectivity index (χ0n) is 6.42. The Morgan fingerprint density at radius 1 is 1.20 bits per heavy atom. The van der Waals surface area contributed by atoms with Crippen LogP contribution in [0.4, 0.5) is 0 Å². The molecule has 0 radical (unpaired) electrons. The highest BCUT2D eigenvalue weighted by atomic mass is 16.3. The van der Waals surface area contributed by atoms with Crippen LogP contribution in [0.3, 0.4) is 0 Å². The van der Waals surface area contributed by atoms with E-state index in [4.69, 9.17) is 10.8 Å². The monoisotopic (exact) mass is 143 g/mol. The van der Waals surface area contributed by atoms with Crippen LogP contribution in [0.5, 0.6) is 0 Å². The fraction of sp³-hybridized carbons (Fsp3) is 1.00. The second-order valence-corrected chi connectivity index (χ2v) is 3.24. The molecule has 10 heavy (non-hydrogen) atoms. The van der Waals surface area contributed by atoms with Gasteiger partial charge < -0.3 is 10.8 Å². The molecule has 1 saturated carbocycles. The molecule has 1 rings (SSSR count). The van der Waals surface area contributed by atoms with Gasteiger partial charge in [0.25, 0.3) is 0 Å². The van der Waals surface area contributed by atoms with E-state index in [0.29, 0.717) is 5.92 Å². The zero-order valence-corrected chi connectivity index (χ0v) is 6.42. The summed E-state index contributed by atoms with van der Waals surface area (Å²) in [6, 6.07) is 0.257. The standard InChI is InChI=1S/C8H17NO/c9-8-5-3-1-2-4-7(8)6-10/h7-8,10H,1-6,9H2/t7-,8+/m0/s1. The maximum atomic E-state index is 8.91. The topological polar surface area (TPSA) is 46.2 Å². The molecular weight excluding hydrogens is 126 g/mol. The van der Waals surface area contributed by atoms with Gasteiger partial charge in [-0.15, -0.1) is 0 Å². The average molecular weight is 143 g/mol. The van der Waals surface area contributed by atoms with E-state index in [1.165, 1.54) is 19.3 Å². The molecule has 0 aromatic heterocycles. The first-order valence-electron chi connectivity index (χ1n) is 4.21. The molecule has 0 aromatic carbocycles. The van der Waals surface area contributed by atoms with E-state index in [0.717, 1.165) is 12.8 Å². The third kappa shape index (κ3) is 1.96. The highest BCUT2D eigenvalue weighted by molar-refractivity contribution is 4.75. The first-order chi connectivity index (χ1) is 4.84. The summed E-state index contributed by atoms with van der Waals surface area (Å²) in [6.07, 6.45) is 6.02. The fourth-order valence-electron chi connectivity index (χ4n) is 1.64.